The Hall–Kier alpha value is -6.90. The maximum atomic E-state index is 6.27. The fraction of sp³-hybridized carbons (Fsp3) is 0. The third kappa shape index (κ3) is 3.68. The molecule has 0 N–H and O–H groups in total. The van der Waals surface area contributed by atoms with Crippen molar-refractivity contribution in [2.24, 2.45) is 0 Å². The first-order valence-corrected chi connectivity index (χ1v) is 17.9. The molecule has 0 radical (unpaired) electrons. The van der Waals surface area contributed by atoms with Crippen molar-refractivity contribution < 1.29 is 4.42 Å². The normalized spacial score (nSPS) is 12.2. The third-order valence-corrected chi connectivity index (χ3v) is 11.3. The molecule has 240 valence electrons. The van der Waals surface area contributed by atoms with Gasteiger partial charge in [-0.05, 0) is 91.3 Å². The maximum absolute atomic E-state index is 6.27. The Kier molecular flexibility index (Phi) is 5.53. The summed E-state index contributed by atoms with van der Waals surface area (Å²) in [6.07, 6.45) is 0. The summed E-state index contributed by atoms with van der Waals surface area (Å²) in [5.41, 5.74) is 13.0. The van der Waals surface area contributed by atoms with E-state index in [2.05, 4.69) is 174 Å². The Morgan fingerprint density at radius 3 is 1.73 bits per heavy atom. The first kappa shape index (κ1) is 27.9. The molecule has 52 heavy (non-hydrogen) atoms. The molecule has 0 unspecified atom stereocenters. The van der Waals surface area contributed by atoms with Crippen molar-refractivity contribution in [3.05, 3.63) is 176 Å². The van der Waals surface area contributed by atoms with Crippen LogP contribution in [-0.4, -0.2) is 4.40 Å². The summed E-state index contributed by atoms with van der Waals surface area (Å²) in [5, 5.41) is 12.4. The number of furan rings is 1. The van der Waals surface area contributed by atoms with E-state index in [1.165, 1.54) is 93.0 Å². The van der Waals surface area contributed by atoms with Crippen molar-refractivity contribution in [1.82, 2.24) is 4.40 Å². The second-order valence-electron chi connectivity index (χ2n) is 14.0. The van der Waals surface area contributed by atoms with Gasteiger partial charge in [0.1, 0.15) is 11.2 Å². The van der Waals surface area contributed by atoms with E-state index in [0.717, 1.165) is 21.9 Å². The molecule has 0 fully saturated rings. The highest BCUT2D eigenvalue weighted by Crippen LogP contribution is 2.50. The van der Waals surface area contributed by atoms with Gasteiger partial charge in [-0.3, -0.25) is 0 Å². The van der Waals surface area contributed by atoms with Crippen LogP contribution in [0, 0.1) is 0 Å². The van der Waals surface area contributed by atoms with Crippen LogP contribution in [0.4, 0.5) is 0 Å². The van der Waals surface area contributed by atoms with Gasteiger partial charge in [0.25, 0.3) is 0 Å². The summed E-state index contributed by atoms with van der Waals surface area (Å²) in [5.74, 6) is 0. The minimum absolute atomic E-state index is 0.909. The number of hydrogen-bond acceptors (Lipinski definition) is 1. The Labute approximate surface area is 298 Å². The Bertz CT molecular complexity index is 3400. The lowest BCUT2D eigenvalue weighted by atomic mass is 9.83. The lowest BCUT2D eigenvalue weighted by molar-refractivity contribution is 0.669. The van der Waals surface area contributed by atoms with Crippen LogP contribution >= 0.6 is 0 Å². The molecule has 0 amide bonds. The van der Waals surface area contributed by atoms with Crippen LogP contribution < -0.4 is 0 Å². The zero-order valence-electron chi connectivity index (χ0n) is 28.1. The molecule has 2 heteroatoms. The quantitative estimate of drug-likeness (QED) is 0.173. The van der Waals surface area contributed by atoms with E-state index >= 15 is 0 Å². The Morgan fingerprint density at radius 1 is 0.327 bits per heavy atom. The smallest absolute Gasteiger partial charge is 0.135 e. The van der Waals surface area contributed by atoms with E-state index in [9.17, 15) is 0 Å². The van der Waals surface area contributed by atoms with Gasteiger partial charge in [-0.15, -0.1) is 0 Å². The van der Waals surface area contributed by atoms with Crippen molar-refractivity contribution in [2.75, 3.05) is 0 Å². The van der Waals surface area contributed by atoms with Crippen molar-refractivity contribution in [3.8, 4) is 33.4 Å². The van der Waals surface area contributed by atoms with Gasteiger partial charge in [0.15, 0.2) is 0 Å². The predicted molar refractivity (Wildman–Crippen MR) is 220 cm³/mol. The van der Waals surface area contributed by atoms with Crippen molar-refractivity contribution >= 4 is 81.6 Å². The van der Waals surface area contributed by atoms with E-state index in [1.807, 2.05) is 6.07 Å². The minimum Gasteiger partial charge on any atom is -0.456 e. The van der Waals surface area contributed by atoms with Gasteiger partial charge in [0.05, 0.1) is 16.6 Å². The van der Waals surface area contributed by atoms with E-state index in [-0.39, 0.29) is 0 Å². The van der Waals surface area contributed by atoms with E-state index in [0.29, 0.717) is 0 Å². The van der Waals surface area contributed by atoms with Crippen LogP contribution in [0.3, 0.4) is 0 Å². The van der Waals surface area contributed by atoms with E-state index in [1.54, 1.807) is 0 Å². The second kappa shape index (κ2) is 10.3. The highest BCUT2D eigenvalue weighted by Gasteiger charge is 2.24. The van der Waals surface area contributed by atoms with Crippen LogP contribution in [0.5, 0.6) is 0 Å². The molecule has 0 aliphatic heterocycles. The van der Waals surface area contributed by atoms with Crippen LogP contribution in [0.1, 0.15) is 0 Å². The summed E-state index contributed by atoms with van der Waals surface area (Å²) in [6.45, 7) is 0. The van der Waals surface area contributed by atoms with Crippen LogP contribution in [0.15, 0.2) is 180 Å². The molecule has 0 aliphatic carbocycles. The monoisotopic (exact) mass is 659 g/mol. The number of rotatable bonds is 3. The summed E-state index contributed by atoms with van der Waals surface area (Å²) >= 11 is 0. The number of benzene rings is 9. The van der Waals surface area contributed by atoms with E-state index in [4.69, 9.17) is 4.42 Å². The van der Waals surface area contributed by atoms with Crippen LogP contribution in [0.2, 0.25) is 0 Å². The fourth-order valence-corrected chi connectivity index (χ4v) is 9.14. The van der Waals surface area contributed by atoms with Gasteiger partial charge < -0.3 is 8.82 Å². The first-order valence-electron chi connectivity index (χ1n) is 17.9. The summed E-state index contributed by atoms with van der Waals surface area (Å²) in [7, 11) is 0. The van der Waals surface area contributed by atoms with Gasteiger partial charge in [-0.1, -0.05) is 140 Å². The van der Waals surface area contributed by atoms with Gasteiger partial charge >= 0.3 is 0 Å². The van der Waals surface area contributed by atoms with Gasteiger partial charge in [-0.2, -0.15) is 0 Å². The largest absolute Gasteiger partial charge is 0.456 e. The molecule has 0 spiro atoms. The second-order valence-corrected chi connectivity index (χ2v) is 14.0. The highest BCUT2D eigenvalue weighted by atomic mass is 16.3. The van der Waals surface area contributed by atoms with Crippen LogP contribution in [-0.2, 0) is 0 Å². The average Bonchev–Trinajstić information content (AvgIpc) is 3.87. The molecular weight excluding hydrogens is 631 g/mol. The van der Waals surface area contributed by atoms with Crippen molar-refractivity contribution in [1.29, 1.82) is 0 Å². The molecule has 0 saturated heterocycles. The Balaban J connectivity index is 1.26. The molecule has 0 atom stereocenters. The predicted octanol–water partition coefficient (Wildman–Crippen LogP) is 14.0. The maximum Gasteiger partial charge on any atom is 0.135 e. The molecular formula is C50H29NO. The first-order chi connectivity index (χ1) is 25.8. The summed E-state index contributed by atoms with van der Waals surface area (Å²) < 4.78 is 8.76. The van der Waals surface area contributed by atoms with Crippen molar-refractivity contribution in [2.45, 2.75) is 0 Å². The third-order valence-electron chi connectivity index (χ3n) is 11.3. The molecule has 2 nitrogen and oxygen atoms in total. The average molecular weight is 660 g/mol. The molecule has 0 bridgehead atoms. The molecule has 12 aromatic rings. The molecule has 9 aromatic carbocycles. The topological polar surface area (TPSA) is 17.6 Å². The lowest BCUT2D eigenvalue weighted by Crippen LogP contribution is -1.92. The standard InChI is InChI=1S/C50H29NO/c1-2-12-30(13-3-1)31-22-24-37-42(28-31)48(40-26-25-38-33-14-6-9-19-43(33)51-44-20-10-7-18-39(44)49(40)50(38)51)36-17-5-4-16-35(36)47(37)32-23-27-46-41(29-32)34-15-8-11-21-45(34)52-46/h1-29H. The highest BCUT2D eigenvalue weighted by molar-refractivity contribution is 6.31. The van der Waals surface area contributed by atoms with E-state index < -0.39 is 0 Å². The summed E-state index contributed by atoms with van der Waals surface area (Å²) in [4.78, 5) is 0. The number of para-hydroxylation sites is 3. The molecule has 12 rings (SSSR count). The molecule has 3 aromatic heterocycles. The van der Waals surface area contributed by atoms with Gasteiger partial charge in [0, 0.05) is 32.3 Å². The molecule has 0 saturated carbocycles. The van der Waals surface area contributed by atoms with Gasteiger partial charge in [0.2, 0.25) is 0 Å². The Morgan fingerprint density at radius 2 is 0.904 bits per heavy atom. The minimum atomic E-state index is 0.909. The molecule has 0 aliphatic rings. The molecule has 3 heterocycles. The fourth-order valence-electron chi connectivity index (χ4n) is 9.14. The number of hydrogen-bond donors (Lipinski definition) is 0. The summed E-state index contributed by atoms with van der Waals surface area (Å²) in [6, 6.07) is 64.3. The zero-order valence-corrected chi connectivity index (χ0v) is 28.1. The van der Waals surface area contributed by atoms with Gasteiger partial charge in [-0.25, -0.2) is 0 Å². The van der Waals surface area contributed by atoms with Crippen LogP contribution in [0.25, 0.3) is 115 Å². The van der Waals surface area contributed by atoms with Crippen molar-refractivity contribution in [3.63, 3.8) is 0 Å². The zero-order chi connectivity index (χ0) is 33.9. The lowest BCUT2D eigenvalue weighted by Gasteiger charge is -2.19. The number of nitrogens with zero attached hydrogens (tertiary/aromatic N) is 1. The number of aromatic nitrogens is 1. The number of fused-ring (bicyclic) bond motifs is 11. The SMILES string of the molecule is c1ccc(-c2ccc3c(-c4ccc5oc6ccccc6c5c4)c4ccccc4c(-c4ccc5c6ccccc6n6c7ccccc7c4c56)c3c2)cc1.